The van der Waals surface area contributed by atoms with E-state index in [2.05, 4.69) is 32.0 Å². The molecule has 13 heavy (non-hydrogen) atoms. The summed E-state index contributed by atoms with van der Waals surface area (Å²) >= 11 is 0. The van der Waals surface area contributed by atoms with Crippen molar-refractivity contribution in [3.05, 3.63) is 41.0 Å². The minimum atomic E-state index is 0.493. The maximum atomic E-state index is 10.1. The summed E-state index contributed by atoms with van der Waals surface area (Å²) in [5.41, 5.74) is 3.68. The second-order valence-electron chi connectivity index (χ2n) is 3.23. The molecule has 0 amide bonds. The molecule has 0 aromatic heterocycles. The molecule has 0 saturated heterocycles. The van der Waals surface area contributed by atoms with E-state index in [1.807, 2.05) is 12.2 Å². The monoisotopic (exact) mass is 174 g/mol. The topological polar surface area (TPSA) is 17.1 Å². The molecule has 0 aliphatic rings. The molecule has 0 saturated carbocycles. The maximum Gasteiger partial charge on any atom is 0.123 e. The summed E-state index contributed by atoms with van der Waals surface area (Å²) in [5.74, 6) is 0. The van der Waals surface area contributed by atoms with Crippen LogP contribution in [0.3, 0.4) is 0 Å². The molecule has 0 N–H and O–H groups in total. The summed E-state index contributed by atoms with van der Waals surface area (Å²) in [5, 5.41) is 0. The highest BCUT2D eigenvalue weighted by atomic mass is 16.1. The van der Waals surface area contributed by atoms with Crippen LogP contribution in [0.4, 0.5) is 0 Å². The van der Waals surface area contributed by atoms with Crippen LogP contribution in [0.15, 0.2) is 24.3 Å². The number of hydrogen-bond donors (Lipinski definition) is 0. The first-order valence-corrected chi connectivity index (χ1v) is 4.41. The first-order valence-electron chi connectivity index (χ1n) is 4.41. The minimum Gasteiger partial charge on any atom is -0.303 e. The molecule has 1 nitrogen and oxygen atoms in total. The van der Waals surface area contributed by atoms with Crippen molar-refractivity contribution in [3.8, 4) is 0 Å². The summed E-state index contributed by atoms with van der Waals surface area (Å²) in [6, 6.07) is 6.35. The van der Waals surface area contributed by atoms with Gasteiger partial charge in [-0.3, -0.25) is 0 Å². The fourth-order valence-corrected chi connectivity index (χ4v) is 1.37. The van der Waals surface area contributed by atoms with E-state index >= 15 is 0 Å². The van der Waals surface area contributed by atoms with Crippen molar-refractivity contribution in [2.24, 2.45) is 0 Å². The highest BCUT2D eigenvalue weighted by molar-refractivity contribution is 5.58. The van der Waals surface area contributed by atoms with Crippen molar-refractivity contribution in [2.75, 3.05) is 0 Å². The van der Waals surface area contributed by atoms with E-state index in [0.717, 1.165) is 6.29 Å². The van der Waals surface area contributed by atoms with Crippen LogP contribution in [0.5, 0.6) is 0 Å². The van der Waals surface area contributed by atoms with Crippen molar-refractivity contribution in [3.63, 3.8) is 0 Å². The summed E-state index contributed by atoms with van der Waals surface area (Å²) in [6.07, 6.45) is 5.25. The van der Waals surface area contributed by atoms with Crippen molar-refractivity contribution in [1.82, 2.24) is 0 Å². The Morgan fingerprint density at radius 2 is 1.77 bits per heavy atom. The standard InChI is InChI=1S/C12H14O/c1-10-7-11(2)9-12(8-10)5-3-4-6-13/h3,5-9H,4H2,1-2H3. The molecular formula is C12H14O. The predicted molar refractivity (Wildman–Crippen MR) is 55.6 cm³/mol. The number of hydrogen-bond acceptors (Lipinski definition) is 1. The highest BCUT2D eigenvalue weighted by Gasteiger charge is 1.90. The van der Waals surface area contributed by atoms with Crippen molar-refractivity contribution < 1.29 is 4.79 Å². The molecule has 1 heteroatoms. The van der Waals surface area contributed by atoms with Crippen LogP contribution in [-0.4, -0.2) is 6.29 Å². The number of benzene rings is 1. The van der Waals surface area contributed by atoms with Gasteiger partial charge in [-0.25, -0.2) is 0 Å². The molecule has 0 atom stereocenters. The van der Waals surface area contributed by atoms with Gasteiger partial charge in [-0.1, -0.05) is 41.5 Å². The van der Waals surface area contributed by atoms with E-state index < -0.39 is 0 Å². The van der Waals surface area contributed by atoms with Gasteiger partial charge < -0.3 is 4.79 Å². The number of aryl methyl sites for hydroxylation is 2. The highest BCUT2D eigenvalue weighted by Crippen LogP contribution is 2.10. The molecule has 1 aromatic carbocycles. The number of aldehydes is 1. The SMILES string of the molecule is Cc1cc(C)cc(C=CCC=O)c1. The van der Waals surface area contributed by atoms with Crippen LogP contribution in [0.25, 0.3) is 6.08 Å². The molecule has 1 rings (SSSR count). The summed E-state index contributed by atoms with van der Waals surface area (Å²) in [4.78, 5) is 10.1. The molecule has 0 heterocycles. The Kier molecular flexibility index (Phi) is 3.44. The summed E-state index contributed by atoms with van der Waals surface area (Å²) in [7, 11) is 0. The van der Waals surface area contributed by atoms with E-state index in [0.29, 0.717) is 6.42 Å². The second kappa shape index (κ2) is 4.61. The first kappa shape index (κ1) is 9.72. The lowest BCUT2D eigenvalue weighted by atomic mass is 10.1. The molecule has 0 aliphatic heterocycles. The lowest BCUT2D eigenvalue weighted by molar-refractivity contribution is -0.107. The second-order valence-corrected chi connectivity index (χ2v) is 3.23. The Morgan fingerprint density at radius 3 is 2.31 bits per heavy atom. The third-order valence-electron chi connectivity index (χ3n) is 1.79. The molecule has 0 radical (unpaired) electrons. The van der Waals surface area contributed by atoms with Gasteiger partial charge in [0.1, 0.15) is 6.29 Å². The Morgan fingerprint density at radius 1 is 1.15 bits per heavy atom. The van der Waals surface area contributed by atoms with Crippen molar-refractivity contribution >= 4 is 12.4 Å². The largest absolute Gasteiger partial charge is 0.303 e. The van der Waals surface area contributed by atoms with Gasteiger partial charge in [-0.15, -0.1) is 0 Å². The van der Waals surface area contributed by atoms with Gasteiger partial charge >= 0.3 is 0 Å². The smallest absolute Gasteiger partial charge is 0.123 e. The van der Waals surface area contributed by atoms with Crippen LogP contribution in [-0.2, 0) is 4.79 Å². The van der Waals surface area contributed by atoms with Crippen molar-refractivity contribution in [1.29, 1.82) is 0 Å². The van der Waals surface area contributed by atoms with E-state index in [1.54, 1.807) is 0 Å². The van der Waals surface area contributed by atoms with Gasteiger partial charge in [0.15, 0.2) is 0 Å². The van der Waals surface area contributed by atoms with Crippen LogP contribution in [0, 0.1) is 13.8 Å². The molecule has 0 unspecified atom stereocenters. The Balaban J connectivity index is 2.82. The first-order chi connectivity index (χ1) is 6.22. The lowest BCUT2D eigenvalue weighted by Crippen LogP contribution is -1.79. The minimum absolute atomic E-state index is 0.493. The van der Waals surface area contributed by atoms with E-state index in [4.69, 9.17) is 0 Å². The van der Waals surface area contributed by atoms with Crippen LogP contribution in [0.2, 0.25) is 0 Å². The molecule has 0 bridgehead atoms. The number of carbonyl (C=O) groups is 1. The molecule has 0 spiro atoms. The summed E-state index contributed by atoms with van der Waals surface area (Å²) < 4.78 is 0. The molecule has 0 aliphatic carbocycles. The van der Waals surface area contributed by atoms with Gasteiger partial charge in [0.05, 0.1) is 0 Å². The molecule has 68 valence electrons. The van der Waals surface area contributed by atoms with E-state index in [9.17, 15) is 4.79 Å². The average molecular weight is 174 g/mol. The fraction of sp³-hybridized carbons (Fsp3) is 0.250. The number of carbonyl (C=O) groups excluding carboxylic acids is 1. The summed E-state index contributed by atoms with van der Waals surface area (Å²) in [6.45, 7) is 4.15. The van der Waals surface area contributed by atoms with Gasteiger partial charge in [-0.05, 0) is 19.4 Å². The third-order valence-corrected chi connectivity index (χ3v) is 1.79. The molecular weight excluding hydrogens is 160 g/mol. The van der Waals surface area contributed by atoms with Gasteiger partial charge in [-0.2, -0.15) is 0 Å². The Labute approximate surface area is 79.1 Å². The van der Waals surface area contributed by atoms with Gasteiger partial charge in [0.2, 0.25) is 0 Å². The van der Waals surface area contributed by atoms with Crippen LogP contribution in [0.1, 0.15) is 23.1 Å². The lowest BCUT2D eigenvalue weighted by Gasteiger charge is -1.99. The average Bonchev–Trinajstić information content (AvgIpc) is 2.03. The van der Waals surface area contributed by atoms with Crippen LogP contribution < -0.4 is 0 Å². The van der Waals surface area contributed by atoms with E-state index in [1.165, 1.54) is 16.7 Å². The number of allylic oxidation sites excluding steroid dienone is 1. The van der Waals surface area contributed by atoms with Crippen LogP contribution >= 0.6 is 0 Å². The zero-order chi connectivity index (χ0) is 9.68. The Hall–Kier alpha value is -1.37. The predicted octanol–water partition coefficient (Wildman–Crippen LogP) is 2.91. The fourth-order valence-electron chi connectivity index (χ4n) is 1.37. The Bertz CT molecular complexity index is 304. The normalized spacial score (nSPS) is 10.6. The van der Waals surface area contributed by atoms with Gasteiger partial charge in [0, 0.05) is 6.42 Å². The zero-order valence-electron chi connectivity index (χ0n) is 8.08. The number of rotatable bonds is 3. The zero-order valence-corrected chi connectivity index (χ0v) is 8.08. The third kappa shape index (κ3) is 3.24. The van der Waals surface area contributed by atoms with E-state index in [-0.39, 0.29) is 0 Å². The molecule has 0 fully saturated rings. The maximum absolute atomic E-state index is 10.1. The molecule has 1 aromatic rings. The van der Waals surface area contributed by atoms with Gasteiger partial charge in [0.25, 0.3) is 0 Å². The quantitative estimate of drug-likeness (QED) is 0.644. The van der Waals surface area contributed by atoms with Crippen molar-refractivity contribution in [2.45, 2.75) is 20.3 Å².